The minimum Gasteiger partial charge on any atom is -0.0993 e. The zero-order valence-corrected chi connectivity index (χ0v) is 8.56. The highest BCUT2D eigenvalue weighted by atomic mass is 14.6. The van der Waals surface area contributed by atoms with E-state index < -0.39 is 0 Å². The van der Waals surface area contributed by atoms with Gasteiger partial charge in [-0.3, -0.25) is 0 Å². The van der Waals surface area contributed by atoms with Crippen molar-refractivity contribution < 1.29 is 0 Å². The van der Waals surface area contributed by atoms with Crippen molar-refractivity contribution in [1.82, 2.24) is 0 Å². The van der Waals surface area contributed by atoms with Crippen molar-refractivity contribution in [3.63, 3.8) is 0 Å². The van der Waals surface area contributed by atoms with Crippen LogP contribution in [0, 0.1) is 23.2 Å². The molecule has 68 valence electrons. The van der Waals surface area contributed by atoms with Crippen molar-refractivity contribution in [2.75, 3.05) is 0 Å². The van der Waals surface area contributed by atoms with Crippen molar-refractivity contribution in [2.45, 2.75) is 40.0 Å². The predicted molar refractivity (Wildman–Crippen MR) is 52.9 cm³/mol. The van der Waals surface area contributed by atoms with Crippen molar-refractivity contribution in [3.05, 3.63) is 12.2 Å². The van der Waals surface area contributed by atoms with E-state index in [1.54, 1.807) is 5.57 Å². The fraction of sp³-hybridized carbons (Fsp3) is 0.833. The van der Waals surface area contributed by atoms with Gasteiger partial charge in [0.15, 0.2) is 0 Å². The Morgan fingerprint density at radius 2 is 2.08 bits per heavy atom. The predicted octanol–water partition coefficient (Wildman–Crippen LogP) is 3.63. The van der Waals surface area contributed by atoms with Gasteiger partial charge in [-0.05, 0) is 42.4 Å². The van der Waals surface area contributed by atoms with Crippen molar-refractivity contribution in [1.29, 1.82) is 0 Å². The first-order valence-corrected chi connectivity index (χ1v) is 5.26. The maximum Gasteiger partial charge on any atom is -0.0146 e. The summed E-state index contributed by atoms with van der Waals surface area (Å²) in [7, 11) is 0. The third kappa shape index (κ3) is 0.841. The lowest BCUT2D eigenvalue weighted by Crippen LogP contribution is -2.51. The van der Waals surface area contributed by atoms with Crippen molar-refractivity contribution in [3.8, 4) is 0 Å². The molecule has 0 radical (unpaired) electrons. The highest BCUT2D eigenvalue weighted by Gasteiger charge is 2.53. The van der Waals surface area contributed by atoms with Crippen molar-refractivity contribution >= 4 is 0 Å². The standard InChI is InChI=1S/C12H20/c1-5-9-6-10-7-11(8(9)2)12(10,3)4/h9-11H,2,5-7H2,1,3-4H3/t9-,10?,11-/m0/s1. The number of rotatable bonds is 1. The number of hydrogen-bond donors (Lipinski definition) is 0. The molecule has 0 amide bonds. The molecule has 12 heavy (non-hydrogen) atoms. The second-order valence-electron chi connectivity index (χ2n) is 5.22. The Morgan fingerprint density at radius 3 is 2.50 bits per heavy atom. The van der Waals surface area contributed by atoms with Crippen LogP contribution >= 0.6 is 0 Å². The van der Waals surface area contributed by atoms with E-state index in [1.165, 1.54) is 19.3 Å². The first kappa shape index (κ1) is 8.34. The molecule has 0 aliphatic heterocycles. The summed E-state index contributed by atoms with van der Waals surface area (Å²) in [6.07, 6.45) is 4.16. The monoisotopic (exact) mass is 164 g/mol. The van der Waals surface area contributed by atoms with Gasteiger partial charge in [-0.2, -0.15) is 0 Å². The van der Waals surface area contributed by atoms with Crippen LogP contribution in [0.4, 0.5) is 0 Å². The van der Waals surface area contributed by atoms with Crippen LogP contribution in [0.15, 0.2) is 12.2 Å². The molecule has 0 spiro atoms. The minimum atomic E-state index is 0.586. The summed E-state index contributed by atoms with van der Waals surface area (Å²) in [6, 6.07) is 0. The Balaban J connectivity index is 2.17. The van der Waals surface area contributed by atoms with Crippen LogP contribution in [-0.4, -0.2) is 0 Å². The summed E-state index contributed by atoms with van der Waals surface area (Å²) < 4.78 is 0. The lowest BCUT2D eigenvalue weighted by atomic mass is 9.45. The van der Waals surface area contributed by atoms with E-state index in [4.69, 9.17) is 0 Å². The fourth-order valence-electron chi connectivity index (χ4n) is 3.25. The molecule has 0 saturated heterocycles. The lowest BCUT2D eigenvalue weighted by molar-refractivity contribution is -0.0472. The molecule has 0 N–H and O–H groups in total. The molecule has 0 nitrogen and oxygen atoms in total. The Labute approximate surface area is 76.1 Å². The van der Waals surface area contributed by atoms with E-state index in [-0.39, 0.29) is 0 Å². The molecule has 0 heterocycles. The number of hydrogen-bond acceptors (Lipinski definition) is 0. The van der Waals surface area contributed by atoms with E-state index in [1.807, 2.05) is 0 Å². The number of allylic oxidation sites excluding steroid dienone is 1. The molecule has 0 aromatic heterocycles. The van der Waals surface area contributed by atoms with Crippen LogP contribution in [0.1, 0.15) is 40.0 Å². The number of fused-ring (bicyclic) bond motifs is 2. The molecule has 0 heteroatoms. The zero-order chi connectivity index (χ0) is 8.93. The van der Waals surface area contributed by atoms with Crippen LogP contribution in [0.3, 0.4) is 0 Å². The SMILES string of the molecule is C=C1[C@@H](CC)CC2C[C@@H]1C2(C)C. The Hall–Kier alpha value is -0.260. The summed E-state index contributed by atoms with van der Waals surface area (Å²) in [6.45, 7) is 11.4. The Kier molecular flexibility index (Phi) is 1.65. The second-order valence-corrected chi connectivity index (χ2v) is 5.22. The van der Waals surface area contributed by atoms with Gasteiger partial charge >= 0.3 is 0 Å². The lowest BCUT2D eigenvalue weighted by Gasteiger charge is -2.60. The summed E-state index contributed by atoms with van der Waals surface area (Å²) in [5, 5.41) is 0. The summed E-state index contributed by atoms with van der Waals surface area (Å²) in [5.74, 6) is 2.70. The van der Waals surface area contributed by atoms with Crippen LogP contribution < -0.4 is 0 Å². The minimum absolute atomic E-state index is 0.586. The largest absolute Gasteiger partial charge is 0.0993 e. The van der Waals surface area contributed by atoms with E-state index in [2.05, 4.69) is 27.4 Å². The zero-order valence-electron chi connectivity index (χ0n) is 8.56. The first-order valence-electron chi connectivity index (χ1n) is 5.26. The molecule has 3 atom stereocenters. The summed E-state index contributed by atoms with van der Waals surface area (Å²) in [5.41, 5.74) is 2.15. The van der Waals surface area contributed by atoms with Crippen LogP contribution in [-0.2, 0) is 0 Å². The normalized spacial score (nSPS) is 43.9. The second kappa shape index (κ2) is 2.37. The maximum absolute atomic E-state index is 4.28. The smallest absolute Gasteiger partial charge is 0.0146 e. The van der Waals surface area contributed by atoms with Crippen LogP contribution in [0.25, 0.3) is 0 Å². The topological polar surface area (TPSA) is 0 Å². The molecule has 0 aromatic carbocycles. The molecule has 3 fully saturated rings. The Bertz CT molecular complexity index is 212. The van der Waals surface area contributed by atoms with Crippen LogP contribution in [0.5, 0.6) is 0 Å². The maximum atomic E-state index is 4.28. The molecule has 3 aliphatic rings. The summed E-state index contributed by atoms with van der Waals surface area (Å²) in [4.78, 5) is 0. The van der Waals surface area contributed by atoms with Crippen molar-refractivity contribution in [2.24, 2.45) is 23.2 Å². The Morgan fingerprint density at radius 1 is 1.42 bits per heavy atom. The van der Waals surface area contributed by atoms with Crippen LogP contribution in [0.2, 0.25) is 0 Å². The quantitative estimate of drug-likeness (QED) is 0.519. The average molecular weight is 164 g/mol. The van der Waals surface area contributed by atoms with Gasteiger partial charge in [0.25, 0.3) is 0 Å². The average Bonchev–Trinajstić information content (AvgIpc) is 2.03. The molecule has 3 saturated carbocycles. The fourth-order valence-corrected chi connectivity index (χ4v) is 3.25. The van der Waals surface area contributed by atoms with Gasteiger partial charge in [0.1, 0.15) is 0 Å². The highest BCUT2D eigenvalue weighted by molar-refractivity contribution is 5.21. The molecule has 0 aromatic rings. The third-order valence-electron chi connectivity index (χ3n) is 4.50. The molecule has 1 unspecified atom stereocenters. The molecule has 2 bridgehead atoms. The van der Waals surface area contributed by atoms with Gasteiger partial charge in [0, 0.05) is 0 Å². The molecule has 3 rings (SSSR count). The summed E-state index contributed by atoms with van der Waals surface area (Å²) >= 11 is 0. The molecular formula is C12H20. The van der Waals surface area contributed by atoms with Gasteiger partial charge < -0.3 is 0 Å². The van der Waals surface area contributed by atoms with Gasteiger partial charge in [-0.15, -0.1) is 0 Å². The van der Waals surface area contributed by atoms with Gasteiger partial charge in [-0.1, -0.05) is 32.9 Å². The van der Waals surface area contributed by atoms with Gasteiger partial charge in [-0.25, -0.2) is 0 Å². The van der Waals surface area contributed by atoms with Gasteiger partial charge in [0.05, 0.1) is 0 Å². The highest BCUT2D eigenvalue weighted by Crippen LogP contribution is 2.62. The molecule has 3 aliphatic carbocycles. The van der Waals surface area contributed by atoms with E-state index >= 15 is 0 Å². The van der Waals surface area contributed by atoms with E-state index in [0.717, 1.165) is 17.8 Å². The third-order valence-corrected chi connectivity index (χ3v) is 4.50. The van der Waals surface area contributed by atoms with E-state index in [0.29, 0.717) is 5.41 Å². The molecular weight excluding hydrogens is 144 g/mol. The van der Waals surface area contributed by atoms with Gasteiger partial charge in [0.2, 0.25) is 0 Å². The first-order chi connectivity index (χ1) is 5.57. The van der Waals surface area contributed by atoms with E-state index in [9.17, 15) is 0 Å².